The zero-order valence-corrected chi connectivity index (χ0v) is 12.0. The molecule has 1 atom stereocenters. The predicted octanol–water partition coefficient (Wildman–Crippen LogP) is 3.85. The number of nitro groups is 1. The average Bonchev–Trinajstić information content (AvgIpc) is 2.43. The second kappa shape index (κ2) is 5.86. The summed E-state index contributed by atoms with van der Waals surface area (Å²) in [6.07, 6.45) is 3.25. The first kappa shape index (κ1) is 14.2. The standard InChI is InChI=1S/C15H19N3O2/c1-10(2)11(3)8-17-14-4-5-15(18(19)20)12-6-7-16-9-13(12)14/h4-7,9-11,17H,8H2,1-3H3. The summed E-state index contributed by atoms with van der Waals surface area (Å²) in [6.45, 7) is 7.38. The van der Waals surface area contributed by atoms with Crippen molar-refractivity contribution in [2.24, 2.45) is 11.8 Å². The van der Waals surface area contributed by atoms with Gasteiger partial charge in [-0.2, -0.15) is 0 Å². The molecule has 0 radical (unpaired) electrons. The number of non-ortho nitro benzene ring substituents is 1. The summed E-state index contributed by atoms with van der Waals surface area (Å²) >= 11 is 0. The van der Waals surface area contributed by atoms with Crippen LogP contribution in [0.1, 0.15) is 20.8 Å². The van der Waals surface area contributed by atoms with Gasteiger partial charge >= 0.3 is 0 Å². The van der Waals surface area contributed by atoms with E-state index in [1.165, 1.54) is 0 Å². The summed E-state index contributed by atoms with van der Waals surface area (Å²) < 4.78 is 0. The maximum atomic E-state index is 11.0. The molecule has 0 saturated heterocycles. The second-order valence-electron chi connectivity index (χ2n) is 5.41. The SMILES string of the molecule is CC(C)C(C)CNc1ccc([N+](=O)[O-])c2ccncc12. The van der Waals surface area contributed by atoms with Crippen molar-refractivity contribution in [1.29, 1.82) is 0 Å². The topological polar surface area (TPSA) is 68.1 Å². The number of rotatable bonds is 5. The van der Waals surface area contributed by atoms with Crippen molar-refractivity contribution in [3.05, 3.63) is 40.7 Å². The molecule has 0 saturated carbocycles. The van der Waals surface area contributed by atoms with E-state index in [0.717, 1.165) is 17.6 Å². The third-order valence-electron chi connectivity index (χ3n) is 3.74. The Kier molecular flexibility index (Phi) is 4.17. The van der Waals surface area contributed by atoms with Crippen LogP contribution in [-0.4, -0.2) is 16.5 Å². The van der Waals surface area contributed by atoms with Gasteiger partial charge in [-0.25, -0.2) is 0 Å². The third kappa shape index (κ3) is 2.87. The Balaban J connectivity index is 2.36. The molecule has 0 amide bonds. The van der Waals surface area contributed by atoms with Crippen LogP contribution in [0.2, 0.25) is 0 Å². The van der Waals surface area contributed by atoms with Crippen molar-refractivity contribution in [3.8, 4) is 0 Å². The van der Waals surface area contributed by atoms with E-state index in [1.54, 1.807) is 30.6 Å². The highest BCUT2D eigenvalue weighted by molar-refractivity contribution is 5.99. The Bertz CT molecular complexity index is 626. The van der Waals surface area contributed by atoms with Gasteiger partial charge in [0.1, 0.15) is 0 Å². The minimum Gasteiger partial charge on any atom is -0.384 e. The van der Waals surface area contributed by atoms with Crippen LogP contribution in [0.15, 0.2) is 30.6 Å². The van der Waals surface area contributed by atoms with Gasteiger partial charge in [0, 0.05) is 36.1 Å². The highest BCUT2D eigenvalue weighted by Gasteiger charge is 2.15. The van der Waals surface area contributed by atoms with E-state index in [-0.39, 0.29) is 10.6 Å². The lowest BCUT2D eigenvalue weighted by Crippen LogP contribution is -2.16. The molecule has 2 aromatic rings. The van der Waals surface area contributed by atoms with E-state index in [2.05, 4.69) is 31.1 Å². The molecule has 1 aromatic heterocycles. The molecular formula is C15H19N3O2. The van der Waals surface area contributed by atoms with E-state index in [9.17, 15) is 10.1 Å². The van der Waals surface area contributed by atoms with Gasteiger partial charge in [-0.05, 0) is 24.0 Å². The second-order valence-corrected chi connectivity index (χ2v) is 5.41. The van der Waals surface area contributed by atoms with Crippen LogP contribution in [0.3, 0.4) is 0 Å². The van der Waals surface area contributed by atoms with Crippen LogP contribution in [0.5, 0.6) is 0 Å². The zero-order chi connectivity index (χ0) is 14.7. The molecule has 20 heavy (non-hydrogen) atoms. The van der Waals surface area contributed by atoms with Gasteiger partial charge < -0.3 is 5.32 Å². The fraction of sp³-hybridized carbons (Fsp3) is 0.400. The molecule has 0 aliphatic heterocycles. The predicted molar refractivity (Wildman–Crippen MR) is 80.9 cm³/mol. The van der Waals surface area contributed by atoms with Crippen molar-refractivity contribution in [1.82, 2.24) is 4.98 Å². The monoisotopic (exact) mass is 273 g/mol. The van der Waals surface area contributed by atoms with Crippen molar-refractivity contribution in [2.45, 2.75) is 20.8 Å². The Morgan fingerprint density at radius 2 is 2.00 bits per heavy atom. The van der Waals surface area contributed by atoms with Crippen LogP contribution in [0, 0.1) is 22.0 Å². The number of anilines is 1. The number of pyridine rings is 1. The highest BCUT2D eigenvalue weighted by Crippen LogP contribution is 2.30. The highest BCUT2D eigenvalue weighted by atomic mass is 16.6. The van der Waals surface area contributed by atoms with Crippen molar-refractivity contribution in [2.75, 3.05) is 11.9 Å². The molecule has 5 heteroatoms. The minimum absolute atomic E-state index is 0.116. The molecule has 0 aliphatic carbocycles. The van der Waals surface area contributed by atoms with Gasteiger partial charge in [-0.1, -0.05) is 20.8 Å². The van der Waals surface area contributed by atoms with Crippen LogP contribution < -0.4 is 5.32 Å². The largest absolute Gasteiger partial charge is 0.384 e. The van der Waals surface area contributed by atoms with Crippen LogP contribution in [0.4, 0.5) is 11.4 Å². The van der Waals surface area contributed by atoms with E-state index < -0.39 is 0 Å². The maximum absolute atomic E-state index is 11.0. The Morgan fingerprint density at radius 3 is 2.65 bits per heavy atom. The van der Waals surface area contributed by atoms with Gasteiger partial charge in [-0.3, -0.25) is 15.1 Å². The molecule has 1 N–H and O–H groups in total. The lowest BCUT2D eigenvalue weighted by atomic mass is 9.98. The fourth-order valence-electron chi connectivity index (χ4n) is 1.99. The van der Waals surface area contributed by atoms with E-state index in [4.69, 9.17) is 0 Å². The van der Waals surface area contributed by atoms with Crippen molar-refractivity contribution in [3.63, 3.8) is 0 Å². The smallest absolute Gasteiger partial charge is 0.277 e. The lowest BCUT2D eigenvalue weighted by molar-refractivity contribution is -0.383. The summed E-state index contributed by atoms with van der Waals surface area (Å²) in [6, 6.07) is 4.99. The molecule has 5 nitrogen and oxygen atoms in total. The molecule has 1 heterocycles. The number of nitrogens with zero attached hydrogens (tertiary/aromatic N) is 2. The van der Waals surface area contributed by atoms with Gasteiger partial charge in [0.15, 0.2) is 0 Å². The lowest BCUT2D eigenvalue weighted by Gasteiger charge is -2.17. The van der Waals surface area contributed by atoms with Crippen LogP contribution >= 0.6 is 0 Å². The molecule has 0 bridgehead atoms. The van der Waals surface area contributed by atoms with Gasteiger partial charge in [0.05, 0.1) is 10.3 Å². The van der Waals surface area contributed by atoms with Gasteiger partial charge in [0.25, 0.3) is 5.69 Å². The molecule has 106 valence electrons. The molecule has 0 aliphatic rings. The number of benzene rings is 1. The summed E-state index contributed by atoms with van der Waals surface area (Å²) in [7, 11) is 0. The van der Waals surface area contributed by atoms with E-state index in [1.807, 2.05) is 0 Å². The molecule has 0 fully saturated rings. The minimum atomic E-state index is -0.358. The number of fused-ring (bicyclic) bond motifs is 1. The molecule has 2 rings (SSSR count). The average molecular weight is 273 g/mol. The molecule has 1 aromatic carbocycles. The van der Waals surface area contributed by atoms with E-state index >= 15 is 0 Å². The first-order chi connectivity index (χ1) is 9.50. The molecule has 0 spiro atoms. The Hall–Kier alpha value is -2.17. The summed E-state index contributed by atoms with van der Waals surface area (Å²) in [5, 5.41) is 15.8. The first-order valence-electron chi connectivity index (χ1n) is 6.75. The quantitative estimate of drug-likeness (QED) is 0.663. The normalized spacial score (nSPS) is 12.6. The molecule has 1 unspecified atom stereocenters. The van der Waals surface area contributed by atoms with Gasteiger partial charge in [0.2, 0.25) is 0 Å². The summed E-state index contributed by atoms with van der Waals surface area (Å²) in [5.41, 5.74) is 1.01. The van der Waals surface area contributed by atoms with Gasteiger partial charge in [-0.15, -0.1) is 0 Å². The maximum Gasteiger partial charge on any atom is 0.277 e. The number of aromatic nitrogens is 1. The first-order valence-corrected chi connectivity index (χ1v) is 6.75. The molecular weight excluding hydrogens is 254 g/mol. The zero-order valence-electron chi connectivity index (χ0n) is 12.0. The number of nitrogens with one attached hydrogen (secondary N) is 1. The van der Waals surface area contributed by atoms with E-state index in [0.29, 0.717) is 17.2 Å². The van der Waals surface area contributed by atoms with Crippen molar-refractivity contribution < 1.29 is 4.92 Å². The fourth-order valence-corrected chi connectivity index (χ4v) is 1.99. The number of hydrogen-bond acceptors (Lipinski definition) is 4. The van der Waals surface area contributed by atoms with Crippen molar-refractivity contribution >= 4 is 22.1 Å². The Labute approximate surface area is 118 Å². The Morgan fingerprint density at radius 1 is 1.25 bits per heavy atom. The van der Waals surface area contributed by atoms with Crippen LogP contribution in [-0.2, 0) is 0 Å². The number of nitro benzene ring substituents is 1. The summed E-state index contributed by atoms with van der Waals surface area (Å²) in [4.78, 5) is 14.8. The van der Waals surface area contributed by atoms with Crippen LogP contribution in [0.25, 0.3) is 10.8 Å². The summed E-state index contributed by atoms with van der Waals surface area (Å²) in [5.74, 6) is 1.11. The third-order valence-corrected chi connectivity index (χ3v) is 3.74. The number of hydrogen-bond donors (Lipinski definition) is 1.